The van der Waals surface area contributed by atoms with Crippen LogP contribution < -0.4 is 10.6 Å². The third-order valence-electron chi connectivity index (χ3n) is 4.24. The molecule has 0 bridgehead atoms. The molecule has 2 aromatic carbocycles. The lowest BCUT2D eigenvalue weighted by Gasteiger charge is -2.16. The van der Waals surface area contributed by atoms with Crippen molar-refractivity contribution in [2.24, 2.45) is 0 Å². The molecule has 1 atom stereocenters. The first-order valence-electron chi connectivity index (χ1n) is 8.82. The van der Waals surface area contributed by atoms with Crippen molar-refractivity contribution in [3.05, 3.63) is 87.6 Å². The van der Waals surface area contributed by atoms with Crippen molar-refractivity contribution >= 4 is 34.6 Å². The molecule has 1 aromatic heterocycles. The number of thiophene rings is 1. The average Bonchev–Trinajstić information content (AvgIpc) is 3.20. The maximum atomic E-state index is 12.8. The summed E-state index contributed by atoms with van der Waals surface area (Å²) in [5, 5.41) is 5.72. The van der Waals surface area contributed by atoms with E-state index in [0.29, 0.717) is 21.0 Å². The van der Waals surface area contributed by atoms with Crippen LogP contribution in [0, 0.1) is 0 Å². The minimum atomic E-state index is -0.353. The first kappa shape index (κ1) is 19.5. The number of anilines is 1. The summed E-state index contributed by atoms with van der Waals surface area (Å²) in [6.45, 7) is 3.37. The van der Waals surface area contributed by atoms with Gasteiger partial charge in [-0.25, -0.2) is 0 Å². The monoisotopic (exact) mass is 392 g/mol. The van der Waals surface area contributed by atoms with Crippen molar-refractivity contribution in [3.8, 4) is 0 Å². The highest BCUT2D eigenvalue weighted by atomic mass is 32.1. The lowest BCUT2D eigenvalue weighted by molar-refractivity contribution is 0.0940. The number of carbonyl (C=O) groups is 3. The zero-order valence-electron chi connectivity index (χ0n) is 15.6. The molecule has 0 aliphatic carbocycles. The number of benzene rings is 2. The van der Waals surface area contributed by atoms with E-state index in [1.54, 1.807) is 36.4 Å². The quantitative estimate of drug-likeness (QED) is 0.598. The average molecular weight is 392 g/mol. The number of Topliss-reactive ketones (excluding diaryl/α,β-unsaturated/α-hetero) is 1. The lowest BCUT2D eigenvalue weighted by Crippen LogP contribution is -2.27. The number of ketones is 1. The molecule has 1 unspecified atom stereocenters. The topological polar surface area (TPSA) is 75.3 Å². The number of carbonyl (C=O) groups excluding carboxylic acids is 3. The third kappa shape index (κ3) is 4.53. The zero-order chi connectivity index (χ0) is 20.1. The van der Waals surface area contributed by atoms with E-state index in [4.69, 9.17) is 0 Å². The van der Waals surface area contributed by atoms with E-state index >= 15 is 0 Å². The van der Waals surface area contributed by atoms with Crippen molar-refractivity contribution in [3.63, 3.8) is 0 Å². The smallest absolute Gasteiger partial charge is 0.265 e. The van der Waals surface area contributed by atoms with E-state index < -0.39 is 0 Å². The van der Waals surface area contributed by atoms with Gasteiger partial charge in [-0.1, -0.05) is 42.5 Å². The molecule has 1 heterocycles. The van der Waals surface area contributed by atoms with Crippen molar-refractivity contribution in [2.75, 3.05) is 5.32 Å². The van der Waals surface area contributed by atoms with Crippen LogP contribution in [-0.4, -0.2) is 17.6 Å². The standard InChI is InChI=1S/C22H20N2O3S/c1-14(16-8-4-3-5-9-16)23-21(26)17-10-6-7-11-18(17)24-22(27)20-13-12-19(28-20)15(2)25/h3-14H,1-2H3,(H,23,26)(H,24,27). The fraction of sp³-hybridized carbons (Fsp3) is 0.136. The molecular formula is C22H20N2O3S. The highest BCUT2D eigenvalue weighted by Crippen LogP contribution is 2.22. The van der Waals surface area contributed by atoms with Crippen molar-refractivity contribution in [2.45, 2.75) is 19.9 Å². The first-order valence-corrected chi connectivity index (χ1v) is 9.64. The van der Waals surface area contributed by atoms with Crippen LogP contribution >= 0.6 is 11.3 Å². The van der Waals surface area contributed by atoms with E-state index in [9.17, 15) is 14.4 Å². The molecule has 28 heavy (non-hydrogen) atoms. The van der Waals surface area contributed by atoms with Crippen molar-refractivity contribution < 1.29 is 14.4 Å². The Labute approximate surface area is 167 Å². The minimum absolute atomic E-state index is 0.0845. The zero-order valence-corrected chi connectivity index (χ0v) is 16.4. The molecule has 3 aromatic rings. The minimum Gasteiger partial charge on any atom is -0.345 e. The van der Waals surface area contributed by atoms with Gasteiger partial charge < -0.3 is 10.6 Å². The molecule has 0 saturated heterocycles. The van der Waals surface area contributed by atoms with Gasteiger partial charge in [0.15, 0.2) is 5.78 Å². The Hall–Kier alpha value is -3.25. The van der Waals surface area contributed by atoms with Gasteiger partial charge in [0.1, 0.15) is 0 Å². The second-order valence-electron chi connectivity index (χ2n) is 6.33. The van der Waals surface area contributed by atoms with E-state index in [2.05, 4.69) is 10.6 Å². The lowest BCUT2D eigenvalue weighted by atomic mass is 10.1. The Kier molecular flexibility index (Phi) is 6.01. The number of amides is 2. The first-order chi connectivity index (χ1) is 13.5. The molecule has 0 fully saturated rings. The predicted octanol–water partition coefficient (Wildman–Crippen LogP) is 4.69. The summed E-state index contributed by atoms with van der Waals surface area (Å²) in [5.41, 5.74) is 1.79. The van der Waals surface area contributed by atoms with E-state index in [-0.39, 0.29) is 23.6 Å². The molecule has 5 nitrogen and oxygen atoms in total. The molecule has 0 aliphatic heterocycles. The summed E-state index contributed by atoms with van der Waals surface area (Å²) >= 11 is 1.13. The highest BCUT2D eigenvalue weighted by molar-refractivity contribution is 7.16. The van der Waals surface area contributed by atoms with E-state index in [1.165, 1.54) is 6.92 Å². The van der Waals surface area contributed by atoms with Gasteiger partial charge in [-0.2, -0.15) is 0 Å². The summed E-state index contributed by atoms with van der Waals surface area (Å²) in [6, 6.07) is 19.6. The van der Waals surface area contributed by atoms with E-state index in [1.807, 2.05) is 37.3 Å². The molecule has 0 aliphatic rings. The summed E-state index contributed by atoms with van der Waals surface area (Å²) in [5.74, 6) is -0.713. The largest absolute Gasteiger partial charge is 0.345 e. The van der Waals surface area contributed by atoms with Crippen LogP contribution in [0.15, 0.2) is 66.7 Å². The highest BCUT2D eigenvalue weighted by Gasteiger charge is 2.17. The van der Waals surface area contributed by atoms with Gasteiger partial charge >= 0.3 is 0 Å². The molecule has 3 rings (SSSR count). The van der Waals surface area contributed by atoms with Crippen LogP contribution in [0.3, 0.4) is 0 Å². The summed E-state index contributed by atoms with van der Waals surface area (Å²) in [6.07, 6.45) is 0. The van der Waals surface area contributed by atoms with Crippen LogP contribution in [0.5, 0.6) is 0 Å². The van der Waals surface area contributed by atoms with Gasteiger partial charge in [0.05, 0.1) is 27.0 Å². The van der Waals surface area contributed by atoms with Gasteiger partial charge in [-0.15, -0.1) is 11.3 Å². The molecule has 142 valence electrons. The molecule has 2 N–H and O–H groups in total. The van der Waals surface area contributed by atoms with Crippen molar-refractivity contribution in [1.82, 2.24) is 5.32 Å². The van der Waals surface area contributed by atoms with Crippen LogP contribution in [0.25, 0.3) is 0 Å². The number of rotatable bonds is 6. The number of nitrogens with one attached hydrogen (secondary N) is 2. The Bertz CT molecular complexity index is 1010. The van der Waals surface area contributed by atoms with E-state index in [0.717, 1.165) is 16.9 Å². The SMILES string of the molecule is CC(=O)c1ccc(C(=O)Nc2ccccc2C(=O)NC(C)c2ccccc2)s1. The summed E-state index contributed by atoms with van der Waals surface area (Å²) < 4.78 is 0. The summed E-state index contributed by atoms with van der Waals surface area (Å²) in [4.78, 5) is 37.6. The number of para-hydroxylation sites is 1. The summed E-state index contributed by atoms with van der Waals surface area (Å²) in [7, 11) is 0. The molecule has 0 spiro atoms. The Morgan fingerprint density at radius 3 is 2.14 bits per heavy atom. The molecular weight excluding hydrogens is 372 g/mol. The predicted molar refractivity (Wildman–Crippen MR) is 111 cm³/mol. The fourth-order valence-electron chi connectivity index (χ4n) is 2.72. The second kappa shape index (κ2) is 8.63. The van der Waals surface area contributed by atoms with Gasteiger partial charge in [0, 0.05) is 0 Å². The molecule has 2 amide bonds. The maximum absolute atomic E-state index is 12.8. The molecule has 6 heteroatoms. The Morgan fingerprint density at radius 1 is 0.821 bits per heavy atom. The fourth-order valence-corrected chi connectivity index (χ4v) is 3.52. The van der Waals surface area contributed by atoms with Crippen LogP contribution in [0.4, 0.5) is 5.69 Å². The normalized spacial score (nSPS) is 11.5. The van der Waals surface area contributed by atoms with Gasteiger partial charge in [-0.05, 0) is 43.7 Å². The van der Waals surface area contributed by atoms with Gasteiger partial charge in [-0.3, -0.25) is 14.4 Å². The Balaban J connectivity index is 1.75. The number of hydrogen-bond donors (Lipinski definition) is 2. The van der Waals surface area contributed by atoms with Crippen LogP contribution in [0.1, 0.15) is 55.2 Å². The molecule has 0 radical (unpaired) electrons. The maximum Gasteiger partial charge on any atom is 0.265 e. The third-order valence-corrected chi connectivity index (χ3v) is 5.43. The second-order valence-corrected chi connectivity index (χ2v) is 7.41. The van der Waals surface area contributed by atoms with Crippen LogP contribution in [-0.2, 0) is 0 Å². The Morgan fingerprint density at radius 2 is 1.46 bits per heavy atom. The van der Waals surface area contributed by atoms with Crippen LogP contribution in [0.2, 0.25) is 0 Å². The number of hydrogen-bond acceptors (Lipinski definition) is 4. The van der Waals surface area contributed by atoms with Gasteiger partial charge in [0.25, 0.3) is 11.8 Å². The van der Waals surface area contributed by atoms with Crippen molar-refractivity contribution in [1.29, 1.82) is 0 Å². The molecule has 0 saturated carbocycles. The van der Waals surface area contributed by atoms with Gasteiger partial charge in [0.2, 0.25) is 0 Å².